The number of hydrogen-bond acceptors (Lipinski definition) is 3. The molecule has 0 aliphatic heterocycles. The molecule has 0 bridgehead atoms. The molecule has 0 unspecified atom stereocenters. The molecule has 1 heterocycles. The topological polar surface area (TPSA) is 59.3 Å². The van der Waals surface area contributed by atoms with Crippen LogP contribution in [0.3, 0.4) is 0 Å². The summed E-state index contributed by atoms with van der Waals surface area (Å²) in [6.07, 6.45) is -0.0984. The monoisotopic (exact) mass is 329 g/mol. The number of rotatable bonds is 4. The highest BCUT2D eigenvalue weighted by Gasteiger charge is 2.16. The minimum absolute atomic E-state index is 0.0304. The molecule has 0 aliphatic rings. The Morgan fingerprint density at radius 1 is 1.08 bits per heavy atom. The van der Waals surface area contributed by atoms with Gasteiger partial charge in [0.25, 0.3) is 5.56 Å². The lowest BCUT2D eigenvalue weighted by molar-refractivity contribution is 0.0975. The predicted molar refractivity (Wildman–Crippen MR) is 84.4 cm³/mol. The van der Waals surface area contributed by atoms with Crippen LogP contribution in [0.25, 0.3) is 10.9 Å². The molecule has 0 aliphatic carbocycles. The van der Waals surface area contributed by atoms with Gasteiger partial charge in [-0.25, -0.2) is 8.78 Å². The lowest BCUT2D eigenvalue weighted by Gasteiger charge is -2.07. The molecule has 122 valence electrons. The van der Waals surface area contributed by atoms with E-state index in [0.717, 1.165) is 12.1 Å². The van der Waals surface area contributed by atoms with Crippen molar-refractivity contribution in [2.24, 2.45) is 0 Å². The average molecular weight is 329 g/mol. The molecular formula is C18H13F2NO3. The first-order valence-electron chi connectivity index (χ1n) is 7.28. The second-order valence-corrected chi connectivity index (χ2v) is 5.39. The summed E-state index contributed by atoms with van der Waals surface area (Å²) in [6.45, 7) is 0. The fourth-order valence-electron chi connectivity index (χ4n) is 2.55. The van der Waals surface area contributed by atoms with Gasteiger partial charge >= 0.3 is 0 Å². The first-order valence-corrected chi connectivity index (χ1v) is 7.28. The van der Waals surface area contributed by atoms with E-state index >= 15 is 0 Å². The molecule has 0 atom stereocenters. The van der Waals surface area contributed by atoms with Gasteiger partial charge in [0, 0.05) is 17.9 Å². The number of carbonyl (C=O) groups excluding carboxylic acids is 1. The molecule has 4 nitrogen and oxygen atoms in total. The van der Waals surface area contributed by atoms with Gasteiger partial charge in [0.2, 0.25) is 0 Å². The summed E-state index contributed by atoms with van der Waals surface area (Å²) in [4.78, 5) is 24.4. The molecule has 3 rings (SSSR count). The third-order valence-corrected chi connectivity index (χ3v) is 3.82. The average Bonchev–Trinajstić information content (AvgIpc) is 2.57. The maximum atomic E-state index is 13.6. The Bertz CT molecular complexity index is 995. The number of aryl methyl sites for hydroxylation is 1. The number of nitrogens with zero attached hydrogens (tertiary/aromatic N) is 1. The van der Waals surface area contributed by atoms with E-state index in [0.29, 0.717) is 15.6 Å². The molecule has 2 aromatic carbocycles. The highest BCUT2D eigenvalue weighted by atomic mass is 19.1. The number of Topliss-reactive ketones (excluding diaryl/α,β-unsaturated/α-hetero) is 1. The Kier molecular flexibility index (Phi) is 4.12. The van der Waals surface area contributed by atoms with Crippen molar-refractivity contribution < 1.29 is 18.8 Å². The lowest BCUT2D eigenvalue weighted by atomic mass is 10.0. The normalized spacial score (nSPS) is 10.9. The van der Waals surface area contributed by atoms with Gasteiger partial charge in [-0.2, -0.15) is 0 Å². The van der Waals surface area contributed by atoms with Crippen molar-refractivity contribution in [2.45, 2.75) is 12.8 Å². The molecule has 1 aromatic heterocycles. The van der Waals surface area contributed by atoms with Crippen LogP contribution in [0.4, 0.5) is 8.78 Å². The van der Waals surface area contributed by atoms with Crippen LogP contribution < -0.4 is 5.56 Å². The maximum Gasteiger partial charge on any atom is 0.294 e. The van der Waals surface area contributed by atoms with Crippen LogP contribution in [-0.4, -0.2) is 15.7 Å². The summed E-state index contributed by atoms with van der Waals surface area (Å²) in [6, 6.07) is 11.1. The van der Waals surface area contributed by atoms with Crippen LogP contribution in [0.1, 0.15) is 22.3 Å². The minimum Gasteiger partial charge on any atom is -0.425 e. The van der Waals surface area contributed by atoms with Crippen LogP contribution in [0.15, 0.2) is 53.3 Å². The number of benzene rings is 2. The second kappa shape index (κ2) is 6.23. The van der Waals surface area contributed by atoms with Gasteiger partial charge in [0.15, 0.2) is 5.78 Å². The molecule has 0 spiro atoms. The van der Waals surface area contributed by atoms with Gasteiger partial charge in [0.1, 0.15) is 11.6 Å². The second-order valence-electron chi connectivity index (χ2n) is 5.39. The number of hydrogen-bond donors (Lipinski definition) is 1. The molecule has 0 amide bonds. The highest BCUT2D eigenvalue weighted by molar-refractivity contribution is 5.98. The van der Waals surface area contributed by atoms with Gasteiger partial charge in [0.05, 0.1) is 11.1 Å². The highest BCUT2D eigenvalue weighted by Crippen LogP contribution is 2.15. The fraction of sp³-hybridized carbons (Fsp3) is 0.111. The van der Waals surface area contributed by atoms with Crippen molar-refractivity contribution in [3.8, 4) is 0 Å². The standard InChI is InChI=1S/C18H13F2NO3/c19-13-7-5-11(15(20)10-13)6-8-17(22)14-9-12-3-1-2-4-16(12)21(24)18(14)23/h1-5,7,9-10,24H,6,8H2. The Hall–Kier alpha value is -3.02. The number of ketones is 1. The molecule has 1 N–H and O–H groups in total. The van der Waals surface area contributed by atoms with Gasteiger partial charge in [-0.15, -0.1) is 4.73 Å². The zero-order chi connectivity index (χ0) is 17.3. The van der Waals surface area contributed by atoms with E-state index in [1.54, 1.807) is 24.3 Å². The van der Waals surface area contributed by atoms with E-state index in [1.165, 1.54) is 12.1 Å². The van der Waals surface area contributed by atoms with Gasteiger partial charge in [-0.3, -0.25) is 9.59 Å². The number of halogens is 2. The zero-order valence-electron chi connectivity index (χ0n) is 12.5. The van der Waals surface area contributed by atoms with Crippen molar-refractivity contribution in [3.63, 3.8) is 0 Å². The Morgan fingerprint density at radius 3 is 2.58 bits per heavy atom. The summed E-state index contributed by atoms with van der Waals surface area (Å²) >= 11 is 0. The first kappa shape index (κ1) is 15.9. The van der Waals surface area contributed by atoms with Crippen molar-refractivity contribution in [1.82, 2.24) is 4.73 Å². The smallest absolute Gasteiger partial charge is 0.294 e. The summed E-state index contributed by atoms with van der Waals surface area (Å²) in [5.41, 5.74) is -0.504. The maximum absolute atomic E-state index is 13.6. The van der Waals surface area contributed by atoms with Crippen LogP contribution in [-0.2, 0) is 6.42 Å². The number of aromatic nitrogens is 1. The van der Waals surface area contributed by atoms with Crippen LogP contribution in [0.2, 0.25) is 0 Å². The van der Waals surface area contributed by atoms with E-state index in [9.17, 15) is 23.6 Å². The van der Waals surface area contributed by atoms with Crippen molar-refractivity contribution in [2.75, 3.05) is 0 Å². The Morgan fingerprint density at radius 2 is 1.83 bits per heavy atom. The van der Waals surface area contributed by atoms with E-state index in [4.69, 9.17) is 0 Å². The SMILES string of the molecule is O=C(CCc1ccc(F)cc1F)c1cc2ccccc2n(O)c1=O. The summed E-state index contributed by atoms with van der Waals surface area (Å²) in [7, 11) is 0. The third-order valence-electron chi connectivity index (χ3n) is 3.82. The van der Waals surface area contributed by atoms with E-state index in [-0.39, 0.29) is 24.0 Å². The zero-order valence-corrected chi connectivity index (χ0v) is 12.5. The summed E-state index contributed by atoms with van der Waals surface area (Å²) in [5.74, 6) is -1.95. The largest absolute Gasteiger partial charge is 0.425 e. The summed E-state index contributed by atoms with van der Waals surface area (Å²) in [5, 5.41) is 10.4. The molecule has 6 heteroatoms. The Balaban J connectivity index is 1.89. The number of fused-ring (bicyclic) bond motifs is 1. The van der Waals surface area contributed by atoms with Gasteiger partial charge in [-0.1, -0.05) is 24.3 Å². The molecule has 3 aromatic rings. The minimum atomic E-state index is -0.821. The van der Waals surface area contributed by atoms with Crippen LogP contribution in [0, 0.1) is 11.6 Å². The van der Waals surface area contributed by atoms with Crippen LogP contribution in [0.5, 0.6) is 0 Å². The number of para-hydroxylation sites is 1. The van der Waals surface area contributed by atoms with Crippen molar-refractivity contribution >= 4 is 16.7 Å². The molecule has 0 saturated carbocycles. The van der Waals surface area contributed by atoms with E-state index < -0.39 is 23.0 Å². The fourth-order valence-corrected chi connectivity index (χ4v) is 2.55. The molecule has 0 radical (unpaired) electrons. The quantitative estimate of drug-likeness (QED) is 0.590. The van der Waals surface area contributed by atoms with E-state index in [2.05, 4.69) is 0 Å². The van der Waals surface area contributed by atoms with Crippen LogP contribution >= 0.6 is 0 Å². The number of pyridine rings is 1. The van der Waals surface area contributed by atoms with Gasteiger partial charge in [-0.05, 0) is 30.2 Å². The third kappa shape index (κ3) is 2.90. The van der Waals surface area contributed by atoms with Gasteiger partial charge < -0.3 is 5.21 Å². The molecule has 0 saturated heterocycles. The molecule has 0 fully saturated rings. The Labute approximate surface area is 135 Å². The lowest BCUT2D eigenvalue weighted by Crippen LogP contribution is -2.25. The number of carbonyl (C=O) groups is 1. The molecule has 24 heavy (non-hydrogen) atoms. The van der Waals surface area contributed by atoms with Crippen molar-refractivity contribution in [1.29, 1.82) is 0 Å². The summed E-state index contributed by atoms with van der Waals surface area (Å²) < 4.78 is 26.9. The van der Waals surface area contributed by atoms with E-state index in [1.807, 2.05) is 0 Å². The molecular weight excluding hydrogens is 316 g/mol. The first-order chi connectivity index (χ1) is 11.5. The van der Waals surface area contributed by atoms with Crippen molar-refractivity contribution in [3.05, 3.63) is 81.6 Å². The predicted octanol–water partition coefficient (Wildman–Crippen LogP) is 3.33.